The molecule has 1 heterocycles. The Labute approximate surface area is 132 Å². The van der Waals surface area contributed by atoms with Gasteiger partial charge in [-0.05, 0) is 41.1 Å². The van der Waals surface area contributed by atoms with Crippen LogP contribution in [0.25, 0.3) is 0 Å². The van der Waals surface area contributed by atoms with E-state index >= 15 is 0 Å². The highest BCUT2D eigenvalue weighted by Gasteiger charge is 2.15. The van der Waals surface area contributed by atoms with Gasteiger partial charge in [-0.3, -0.25) is 4.79 Å². The van der Waals surface area contributed by atoms with Crippen LogP contribution in [0.3, 0.4) is 0 Å². The summed E-state index contributed by atoms with van der Waals surface area (Å²) in [6.45, 7) is 1.69. The molecule has 2 rings (SSSR count). The highest BCUT2D eigenvalue weighted by Crippen LogP contribution is 2.19. The van der Waals surface area contributed by atoms with Crippen molar-refractivity contribution >= 4 is 39.1 Å². The molecule has 0 aliphatic heterocycles. The molecule has 0 unspecified atom stereocenters. The van der Waals surface area contributed by atoms with E-state index in [1.165, 1.54) is 12.1 Å². The molecule has 0 bridgehead atoms. The van der Waals surface area contributed by atoms with Crippen molar-refractivity contribution < 1.29 is 19.1 Å². The molecule has 110 valence electrons. The largest absolute Gasteiger partial charge is 0.477 e. The third-order valence-electron chi connectivity index (χ3n) is 2.62. The van der Waals surface area contributed by atoms with Crippen molar-refractivity contribution in [2.24, 2.45) is 0 Å². The SMILES string of the molecule is Cc1nc(CNC(=O)c2ccc(Br)c(F)c2)sc1C(=O)O. The minimum Gasteiger partial charge on any atom is -0.477 e. The first kappa shape index (κ1) is 15.6. The molecule has 8 heteroatoms. The number of hydrogen-bond acceptors (Lipinski definition) is 4. The number of thiazole rings is 1. The average Bonchev–Trinajstić information content (AvgIpc) is 2.80. The zero-order chi connectivity index (χ0) is 15.6. The van der Waals surface area contributed by atoms with Gasteiger partial charge in [-0.15, -0.1) is 11.3 Å². The van der Waals surface area contributed by atoms with Crippen LogP contribution in [0.1, 0.15) is 30.7 Å². The molecule has 0 radical (unpaired) electrons. The Balaban J connectivity index is 2.05. The first-order chi connectivity index (χ1) is 9.88. The van der Waals surface area contributed by atoms with Crippen LogP contribution in [0, 0.1) is 12.7 Å². The van der Waals surface area contributed by atoms with Crippen LogP contribution in [0.4, 0.5) is 4.39 Å². The number of hydrogen-bond donors (Lipinski definition) is 2. The third-order valence-corrected chi connectivity index (χ3v) is 4.41. The lowest BCUT2D eigenvalue weighted by molar-refractivity contribution is 0.0701. The molecule has 0 atom stereocenters. The fraction of sp³-hybridized carbons (Fsp3) is 0.154. The zero-order valence-corrected chi connectivity index (χ0v) is 13.2. The van der Waals surface area contributed by atoms with Crippen molar-refractivity contribution in [3.05, 3.63) is 49.6 Å². The minimum absolute atomic E-state index is 0.0926. The highest BCUT2D eigenvalue weighted by molar-refractivity contribution is 9.10. The van der Waals surface area contributed by atoms with Crippen LogP contribution < -0.4 is 5.32 Å². The second kappa shape index (κ2) is 6.31. The van der Waals surface area contributed by atoms with Crippen LogP contribution in [0.5, 0.6) is 0 Å². The standard InChI is InChI=1S/C13H10BrFN2O3S/c1-6-11(13(19)20)21-10(17-6)5-16-12(18)7-2-3-8(14)9(15)4-7/h2-4H,5H2,1H3,(H,16,18)(H,19,20). The van der Waals surface area contributed by atoms with E-state index in [1.807, 2.05) is 0 Å². The molecule has 0 aliphatic rings. The van der Waals surface area contributed by atoms with Gasteiger partial charge in [0, 0.05) is 5.56 Å². The van der Waals surface area contributed by atoms with E-state index in [0.717, 1.165) is 17.4 Å². The van der Waals surface area contributed by atoms with Gasteiger partial charge in [-0.25, -0.2) is 14.2 Å². The smallest absolute Gasteiger partial charge is 0.347 e. The maximum Gasteiger partial charge on any atom is 0.347 e. The molecule has 2 aromatic rings. The lowest BCUT2D eigenvalue weighted by atomic mass is 10.2. The topological polar surface area (TPSA) is 79.3 Å². The summed E-state index contributed by atoms with van der Waals surface area (Å²) in [6, 6.07) is 4.05. The maximum atomic E-state index is 13.3. The summed E-state index contributed by atoms with van der Waals surface area (Å²) in [5.74, 6) is -2.02. The number of carbonyl (C=O) groups is 2. The van der Waals surface area contributed by atoms with E-state index < -0.39 is 17.7 Å². The van der Waals surface area contributed by atoms with E-state index in [4.69, 9.17) is 5.11 Å². The molecular weight excluding hydrogens is 363 g/mol. The van der Waals surface area contributed by atoms with Gasteiger partial charge in [0.15, 0.2) is 0 Å². The average molecular weight is 373 g/mol. The molecule has 1 amide bonds. The van der Waals surface area contributed by atoms with Crippen molar-refractivity contribution in [2.45, 2.75) is 13.5 Å². The summed E-state index contributed by atoms with van der Waals surface area (Å²) in [7, 11) is 0. The number of carboxylic acids is 1. The lowest BCUT2D eigenvalue weighted by Crippen LogP contribution is -2.22. The first-order valence-electron chi connectivity index (χ1n) is 5.81. The fourth-order valence-corrected chi connectivity index (χ4v) is 2.71. The molecule has 1 aromatic carbocycles. The number of aromatic nitrogens is 1. The van der Waals surface area contributed by atoms with Gasteiger partial charge >= 0.3 is 5.97 Å². The first-order valence-corrected chi connectivity index (χ1v) is 7.42. The molecular formula is C13H10BrFN2O3S. The van der Waals surface area contributed by atoms with Gasteiger partial charge in [0.2, 0.25) is 0 Å². The van der Waals surface area contributed by atoms with Crippen LogP contribution in [0.2, 0.25) is 0 Å². The molecule has 5 nitrogen and oxygen atoms in total. The number of nitrogens with zero attached hydrogens (tertiary/aromatic N) is 1. The van der Waals surface area contributed by atoms with Crippen LogP contribution >= 0.6 is 27.3 Å². The number of nitrogens with one attached hydrogen (secondary N) is 1. The summed E-state index contributed by atoms with van der Waals surface area (Å²) < 4.78 is 13.6. The summed E-state index contributed by atoms with van der Waals surface area (Å²) in [6.07, 6.45) is 0. The van der Waals surface area contributed by atoms with Crippen molar-refractivity contribution in [1.29, 1.82) is 0 Å². The van der Waals surface area contributed by atoms with Crippen LogP contribution in [-0.2, 0) is 6.54 Å². The van der Waals surface area contributed by atoms with Crippen molar-refractivity contribution in [3.8, 4) is 0 Å². The van der Waals surface area contributed by atoms with E-state index in [1.54, 1.807) is 6.92 Å². The van der Waals surface area contributed by atoms with E-state index in [0.29, 0.717) is 10.7 Å². The summed E-state index contributed by atoms with van der Waals surface area (Å²) in [5.41, 5.74) is 0.592. The Morgan fingerprint density at radius 1 is 1.48 bits per heavy atom. The molecule has 0 spiro atoms. The van der Waals surface area contributed by atoms with Gasteiger partial charge < -0.3 is 10.4 Å². The van der Waals surface area contributed by atoms with E-state index in [-0.39, 0.29) is 21.5 Å². The maximum absolute atomic E-state index is 13.3. The third kappa shape index (κ3) is 3.64. The number of aryl methyl sites for hydroxylation is 1. The second-order valence-electron chi connectivity index (χ2n) is 4.14. The lowest BCUT2D eigenvalue weighted by Gasteiger charge is -2.04. The van der Waals surface area contributed by atoms with Crippen molar-refractivity contribution in [2.75, 3.05) is 0 Å². The van der Waals surface area contributed by atoms with Gasteiger partial charge in [0.25, 0.3) is 5.91 Å². The molecule has 2 N–H and O–H groups in total. The second-order valence-corrected chi connectivity index (χ2v) is 6.08. The molecule has 0 saturated carbocycles. The summed E-state index contributed by atoms with van der Waals surface area (Å²) in [5, 5.41) is 12.0. The van der Waals surface area contributed by atoms with Gasteiger partial charge in [-0.2, -0.15) is 0 Å². The number of amides is 1. The van der Waals surface area contributed by atoms with Crippen molar-refractivity contribution in [3.63, 3.8) is 0 Å². The quantitative estimate of drug-likeness (QED) is 0.864. The molecule has 0 aliphatic carbocycles. The number of halogens is 2. The Hall–Kier alpha value is -1.80. The molecule has 0 saturated heterocycles. The Morgan fingerprint density at radius 3 is 2.76 bits per heavy atom. The van der Waals surface area contributed by atoms with Gasteiger partial charge in [0.05, 0.1) is 16.7 Å². The number of carbonyl (C=O) groups excluding carboxylic acids is 1. The number of carboxylic acid groups (broad SMARTS) is 1. The monoisotopic (exact) mass is 372 g/mol. The highest BCUT2D eigenvalue weighted by atomic mass is 79.9. The van der Waals surface area contributed by atoms with E-state index in [2.05, 4.69) is 26.2 Å². The predicted octanol–water partition coefficient (Wildman–Crippen LogP) is 2.98. The molecule has 1 aromatic heterocycles. The normalized spacial score (nSPS) is 10.4. The Bertz CT molecular complexity index is 717. The fourth-order valence-electron chi connectivity index (χ4n) is 1.62. The predicted molar refractivity (Wildman–Crippen MR) is 79.1 cm³/mol. The number of aromatic carboxylic acids is 1. The van der Waals surface area contributed by atoms with Crippen LogP contribution in [0.15, 0.2) is 22.7 Å². The zero-order valence-electron chi connectivity index (χ0n) is 10.8. The minimum atomic E-state index is -1.04. The van der Waals surface area contributed by atoms with Gasteiger partial charge in [0.1, 0.15) is 15.7 Å². The van der Waals surface area contributed by atoms with E-state index in [9.17, 15) is 14.0 Å². The number of benzene rings is 1. The van der Waals surface area contributed by atoms with Gasteiger partial charge in [-0.1, -0.05) is 0 Å². The summed E-state index contributed by atoms with van der Waals surface area (Å²) >= 11 is 4.01. The Morgan fingerprint density at radius 2 is 2.19 bits per heavy atom. The molecule has 21 heavy (non-hydrogen) atoms. The Kier molecular flexibility index (Phi) is 4.69. The van der Waals surface area contributed by atoms with Crippen LogP contribution in [-0.4, -0.2) is 22.0 Å². The van der Waals surface area contributed by atoms with Crippen molar-refractivity contribution in [1.82, 2.24) is 10.3 Å². The molecule has 0 fully saturated rings. The number of rotatable bonds is 4. The summed E-state index contributed by atoms with van der Waals surface area (Å²) in [4.78, 5) is 27.0.